The van der Waals surface area contributed by atoms with Gasteiger partial charge in [0.1, 0.15) is 5.76 Å². The minimum Gasteiger partial charge on any atom is -0.464 e. The highest BCUT2D eigenvalue weighted by Crippen LogP contribution is 2.51. The number of fused-ring (bicyclic) bond motifs is 1. The second-order valence-electron chi connectivity index (χ2n) is 6.40. The van der Waals surface area contributed by atoms with Crippen LogP contribution in [0.25, 0.3) is 0 Å². The molecule has 0 aliphatic carbocycles. The molecule has 2 aliphatic rings. The number of carbonyl (C=O) groups is 2. The summed E-state index contributed by atoms with van der Waals surface area (Å²) in [7, 11) is -2.26. The van der Waals surface area contributed by atoms with E-state index in [0.717, 1.165) is 0 Å². The van der Waals surface area contributed by atoms with E-state index in [1.165, 1.54) is 12.0 Å². The molecule has 0 aromatic heterocycles. The predicted molar refractivity (Wildman–Crippen MR) is 99.8 cm³/mol. The first-order chi connectivity index (χ1) is 13.0. The van der Waals surface area contributed by atoms with Gasteiger partial charge in [0, 0.05) is 12.8 Å². The molecule has 1 saturated heterocycles. The van der Waals surface area contributed by atoms with Crippen molar-refractivity contribution in [3.63, 3.8) is 0 Å². The van der Waals surface area contributed by atoms with Crippen molar-refractivity contribution in [1.82, 2.24) is 4.90 Å². The van der Waals surface area contributed by atoms with E-state index >= 15 is 0 Å². The Morgan fingerprint density at radius 2 is 1.56 bits per heavy atom. The zero-order valence-corrected chi connectivity index (χ0v) is 15.6. The summed E-state index contributed by atoms with van der Waals surface area (Å²) in [5, 5.41) is 1.04. The monoisotopic (exact) mass is 383 g/mol. The van der Waals surface area contributed by atoms with Gasteiger partial charge in [-0.05, 0) is 24.3 Å². The minimum absolute atomic E-state index is 0.0610. The van der Waals surface area contributed by atoms with Crippen molar-refractivity contribution in [3.8, 4) is 0 Å². The quantitative estimate of drug-likeness (QED) is 0.450. The molecule has 1 fully saturated rings. The fourth-order valence-corrected chi connectivity index (χ4v) is 5.56. The number of esters is 1. The molecule has 6 nitrogen and oxygen atoms in total. The summed E-state index contributed by atoms with van der Waals surface area (Å²) in [6, 6.07) is 17.6. The number of carbonyl (C=O) groups excluding carboxylic acids is 2. The second-order valence-corrected chi connectivity index (χ2v) is 8.72. The summed E-state index contributed by atoms with van der Waals surface area (Å²) in [6.45, 7) is 0. The maximum atomic E-state index is 14.0. The van der Waals surface area contributed by atoms with E-state index in [2.05, 4.69) is 0 Å². The number of methoxy groups -OCH3 is 1. The minimum atomic E-state index is -3.51. The number of hydrogen-bond donors (Lipinski definition) is 0. The Hall–Kier alpha value is -2.85. The summed E-state index contributed by atoms with van der Waals surface area (Å²) in [6.07, 6.45) is 0.689. The van der Waals surface area contributed by atoms with Crippen LogP contribution in [0, 0.1) is 0 Å². The van der Waals surface area contributed by atoms with Crippen molar-refractivity contribution in [3.05, 3.63) is 72.1 Å². The number of hydrogen-bond acceptors (Lipinski definition) is 5. The third-order valence-corrected chi connectivity index (χ3v) is 7.21. The van der Waals surface area contributed by atoms with Gasteiger partial charge >= 0.3 is 13.3 Å². The highest BCUT2D eigenvalue weighted by atomic mass is 31.2. The van der Waals surface area contributed by atoms with Gasteiger partial charge in [0.05, 0.1) is 23.8 Å². The Morgan fingerprint density at radius 1 is 1.00 bits per heavy atom. The van der Waals surface area contributed by atoms with Crippen LogP contribution in [-0.2, 0) is 23.4 Å². The number of ether oxygens (including phenoxy) is 1. The van der Waals surface area contributed by atoms with Crippen LogP contribution in [-0.4, -0.2) is 29.9 Å². The molecule has 0 radical (unpaired) electrons. The lowest BCUT2D eigenvalue weighted by atomic mass is 10.0. The maximum Gasteiger partial charge on any atom is 0.358 e. The van der Waals surface area contributed by atoms with Crippen molar-refractivity contribution in [2.24, 2.45) is 0 Å². The molecular formula is C20H18NO5P. The standard InChI is InChI=1S/C20H18NO5P/c1-25-20(23)19-17(12-14-13-18(22)21(14)19)26-27(24,15-8-4-2-5-9-15)16-10-6-3-7-11-16/h2-11,14H,12-13H2,1H3/t14-/m1/s1. The first kappa shape index (κ1) is 17.6. The van der Waals surface area contributed by atoms with E-state index in [1.54, 1.807) is 48.5 Å². The molecule has 2 aromatic carbocycles. The fraction of sp³-hybridized carbons (Fsp3) is 0.200. The van der Waals surface area contributed by atoms with E-state index < -0.39 is 13.3 Å². The van der Waals surface area contributed by atoms with E-state index in [0.29, 0.717) is 23.5 Å². The molecule has 2 heterocycles. The van der Waals surface area contributed by atoms with Crippen LogP contribution in [0.1, 0.15) is 12.8 Å². The van der Waals surface area contributed by atoms with Gasteiger partial charge in [-0.15, -0.1) is 0 Å². The summed E-state index contributed by atoms with van der Waals surface area (Å²) < 4.78 is 24.9. The first-order valence-electron chi connectivity index (χ1n) is 8.59. The van der Waals surface area contributed by atoms with E-state index in [9.17, 15) is 14.2 Å². The zero-order valence-electron chi connectivity index (χ0n) is 14.7. The lowest BCUT2D eigenvalue weighted by molar-refractivity contribution is -0.148. The molecule has 2 aromatic rings. The lowest BCUT2D eigenvalue weighted by Gasteiger charge is -2.34. The first-order valence-corrected chi connectivity index (χ1v) is 10.2. The molecule has 0 unspecified atom stereocenters. The Morgan fingerprint density at radius 3 is 2.04 bits per heavy atom. The molecule has 138 valence electrons. The van der Waals surface area contributed by atoms with Gasteiger partial charge in [-0.1, -0.05) is 36.4 Å². The van der Waals surface area contributed by atoms with Crippen molar-refractivity contribution in [2.45, 2.75) is 18.9 Å². The molecule has 7 heteroatoms. The van der Waals surface area contributed by atoms with Crippen molar-refractivity contribution in [1.29, 1.82) is 0 Å². The molecule has 0 spiro atoms. The Labute approximate surface area is 156 Å². The van der Waals surface area contributed by atoms with Crippen LogP contribution in [0.2, 0.25) is 0 Å². The van der Waals surface area contributed by atoms with Gasteiger partial charge in [0.2, 0.25) is 5.91 Å². The van der Waals surface area contributed by atoms with Crippen molar-refractivity contribution >= 4 is 29.9 Å². The fourth-order valence-electron chi connectivity index (χ4n) is 3.45. The molecule has 1 atom stereocenters. The van der Waals surface area contributed by atoms with Crippen LogP contribution in [0.15, 0.2) is 72.1 Å². The Kier molecular flexibility index (Phi) is 4.36. The molecule has 2 aliphatic heterocycles. The normalized spacial score (nSPS) is 18.8. The van der Waals surface area contributed by atoms with E-state index in [-0.39, 0.29) is 23.4 Å². The van der Waals surface area contributed by atoms with Crippen molar-refractivity contribution in [2.75, 3.05) is 7.11 Å². The van der Waals surface area contributed by atoms with Crippen molar-refractivity contribution < 1.29 is 23.4 Å². The number of rotatable bonds is 5. The van der Waals surface area contributed by atoms with Gasteiger partial charge in [0.25, 0.3) is 0 Å². The summed E-state index contributed by atoms with van der Waals surface area (Å²) in [5.74, 6) is -0.574. The Balaban J connectivity index is 1.82. The van der Waals surface area contributed by atoms with Gasteiger partial charge < -0.3 is 9.26 Å². The highest BCUT2D eigenvalue weighted by molar-refractivity contribution is 7.74. The average molecular weight is 383 g/mol. The van der Waals surface area contributed by atoms with Crippen LogP contribution >= 0.6 is 7.37 Å². The summed E-state index contributed by atoms with van der Waals surface area (Å²) in [4.78, 5) is 25.6. The lowest BCUT2D eigenvalue weighted by Crippen LogP contribution is -2.49. The van der Waals surface area contributed by atoms with Gasteiger partial charge in [-0.3, -0.25) is 14.3 Å². The Bertz CT molecular complexity index is 927. The number of β-lactam (4-membered cyclic amide) rings is 1. The predicted octanol–water partition coefficient (Wildman–Crippen LogP) is 2.32. The topological polar surface area (TPSA) is 72.9 Å². The van der Waals surface area contributed by atoms with Crippen LogP contribution in [0.4, 0.5) is 0 Å². The third-order valence-electron chi connectivity index (χ3n) is 4.78. The van der Waals surface area contributed by atoms with Gasteiger partial charge in [-0.2, -0.15) is 0 Å². The molecular weight excluding hydrogens is 365 g/mol. The molecule has 4 rings (SSSR count). The molecule has 1 amide bonds. The van der Waals surface area contributed by atoms with Gasteiger partial charge in [0.15, 0.2) is 5.70 Å². The molecule has 0 N–H and O–H groups in total. The van der Waals surface area contributed by atoms with E-state index in [4.69, 9.17) is 9.26 Å². The van der Waals surface area contributed by atoms with Gasteiger partial charge in [-0.25, -0.2) is 4.79 Å². The molecule has 27 heavy (non-hydrogen) atoms. The second kappa shape index (κ2) is 6.71. The third kappa shape index (κ3) is 2.86. The van der Waals surface area contributed by atoms with Crippen LogP contribution in [0.5, 0.6) is 0 Å². The van der Waals surface area contributed by atoms with Crippen LogP contribution < -0.4 is 10.6 Å². The SMILES string of the molecule is COC(=O)C1=C(OP(=O)(c2ccccc2)c2ccccc2)C[C@@H]2CC(=O)N12. The smallest absolute Gasteiger partial charge is 0.358 e. The summed E-state index contributed by atoms with van der Waals surface area (Å²) in [5.41, 5.74) is 0.0610. The number of amides is 1. The number of nitrogens with zero attached hydrogens (tertiary/aromatic N) is 1. The summed E-state index contributed by atoms with van der Waals surface area (Å²) >= 11 is 0. The average Bonchev–Trinajstić information content (AvgIpc) is 3.00. The maximum absolute atomic E-state index is 14.0. The van der Waals surface area contributed by atoms with E-state index in [1.807, 2.05) is 12.1 Å². The number of benzene rings is 2. The highest BCUT2D eigenvalue weighted by Gasteiger charge is 2.50. The van der Waals surface area contributed by atoms with Crippen LogP contribution in [0.3, 0.4) is 0 Å². The largest absolute Gasteiger partial charge is 0.464 e. The zero-order chi connectivity index (χ0) is 19.0. The molecule has 0 saturated carbocycles. The molecule has 0 bridgehead atoms.